The summed E-state index contributed by atoms with van der Waals surface area (Å²) >= 11 is 0. The van der Waals surface area contributed by atoms with Crippen molar-refractivity contribution < 1.29 is 19.4 Å². The van der Waals surface area contributed by atoms with Crippen LogP contribution >= 0.6 is 0 Å². The van der Waals surface area contributed by atoms with Crippen molar-refractivity contribution in [3.05, 3.63) is 0 Å². The zero-order valence-corrected chi connectivity index (χ0v) is 10.9. The molecule has 2 N–H and O–H groups in total. The maximum absolute atomic E-state index is 11.4. The lowest BCUT2D eigenvalue weighted by Crippen LogP contribution is -2.51. The van der Waals surface area contributed by atoms with Crippen LogP contribution in [-0.4, -0.2) is 29.3 Å². The van der Waals surface area contributed by atoms with Crippen LogP contribution in [0.3, 0.4) is 0 Å². The van der Waals surface area contributed by atoms with E-state index in [1.54, 1.807) is 20.8 Å². The van der Waals surface area contributed by atoms with Crippen molar-refractivity contribution in [3.8, 4) is 0 Å². The van der Waals surface area contributed by atoms with Gasteiger partial charge in [-0.25, -0.2) is 4.79 Å². The molecule has 0 aromatic rings. The van der Waals surface area contributed by atoms with Crippen molar-refractivity contribution in [2.75, 3.05) is 6.54 Å². The monoisotopic (exact) mass is 243 g/mol. The standard InChI is InChI=1S/C12H21NO4/c1-8-5-12(6-8,9(14)15)7-13-10(16)17-11(2,3)4/h8H,5-7H2,1-4H3,(H,13,16)(H,14,15). The molecule has 0 aromatic heterocycles. The van der Waals surface area contributed by atoms with Gasteiger partial charge in [0.2, 0.25) is 0 Å². The number of rotatable bonds is 3. The highest BCUT2D eigenvalue weighted by atomic mass is 16.6. The zero-order chi connectivity index (χ0) is 13.3. The van der Waals surface area contributed by atoms with E-state index in [1.807, 2.05) is 6.92 Å². The van der Waals surface area contributed by atoms with Crippen LogP contribution in [0.4, 0.5) is 4.79 Å². The summed E-state index contributed by atoms with van der Waals surface area (Å²) in [6.07, 6.45) is 0.661. The normalized spacial score (nSPS) is 28.1. The highest BCUT2D eigenvalue weighted by Gasteiger charge is 2.48. The molecule has 0 saturated heterocycles. The van der Waals surface area contributed by atoms with Gasteiger partial charge in [0.1, 0.15) is 5.60 Å². The van der Waals surface area contributed by atoms with Gasteiger partial charge in [0.15, 0.2) is 0 Å². The van der Waals surface area contributed by atoms with Crippen LogP contribution in [0.1, 0.15) is 40.5 Å². The Hall–Kier alpha value is -1.26. The van der Waals surface area contributed by atoms with Crippen LogP contribution in [-0.2, 0) is 9.53 Å². The molecule has 98 valence electrons. The second kappa shape index (κ2) is 4.55. The highest BCUT2D eigenvalue weighted by Crippen LogP contribution is 2.45. The molecule has 1 amide bonds. The number of alkyl carbamates (subject to hydrolysis) is 1. The first-order valence-corrected chi connectivity index (χ1v) is 5.85. The second-order valence-corrected chi connectivity index (χ2v) is 5.95. The van der Waals surface area contributed by atoms with Crippen LogP contribution in [0.5, 0.6) is 0 Å². The molecule has 1 rings (SSSR count). The summed E-state index contributed by atoms with van der Waals surface area (Å²) < 4.78 is 5.07. The minimum Gasteiger partial charge on any atom is -0.481 e. The number of carbonyl (C=O) groups excluding carboxylic acids is 1. The summed E-state index contributed by atoms with van der Waals surface area (Å²) in [5.41, 5.74) is -1.36. The summed E-state index contributed by atoms with van der Waals surface area (Å²) in [4.78, 5) is 22.6. The van der Waals surface area contributed by atoms with E-state index in [4.69, 9.17) is 9.84 Å². The van der Waals surface area contributed by atoms with Crippen LogP contribution in [0.25, 0.3) is 0 Å². The smallest absolute Gasteiger partial charge is 0.407 e. The second-order valence-electron chi connectivity index (χ2n) is 5.95. The van der Waals surface area contributed by atoms with Crippen molar-refractivity contribution in [1.29, 1.82) is 0 Å². The Morgan fingerprint density at radius 2 is 1.94 bits per heavy atom. The number of hydrogen-bond donors (Lipinski definition) is 2. The van der Waals surface area contributed by atoms with E-state index in [0.29, 0.717) is 18.8 Å². The number of hydrogen-bond acceptors (Lipinski definition) is 3. The Morgan fingerprint density at radius 3 is 2.29 bits per heavy atom. The van der Waals surface area contributed by atoms with Crippen LogP contribution in [0.15, 0.2) is 0 Å². The lowest BCUT2D eigenvalue weighted by Gasteiger charge is -2.42. The molecule has 1 saturated carbocycles. The Morgan fingerprint density at radius 1 is 1.41 bits per heavy atom. The van der Waals surface area contributed by atoms with Gasteiger partial charge in [0.25, 0.3) is 0 Å². The van der Waals surface area contributed by atoms with Gasteiger partial charge in [-0.05, 0) is 39.5 Å². The average Bonchev–Trinajstić information content (AvgIpc) is 2.06. The van der Waals surface area contributed by atoms with E-state index in [9.17, 15) is 9.59 Å². The van der Waals surface area contributed by atoms with Crippen molar-refractivity contribution in [3.63, 3.8) is 0 Å². The van der Waals surface area contributed by atoms with Gasteiger partial charge >= 0.3 is 12.1 Å². The van der Waals surface area contributed by atoms with Gasteiger partial charge in [0.05, 0.1) is 5.41 Å². The van der Waals surface area contributed by atoms with E-state index in [-0.39, 0.29) is 6.54 Å². The van der Waals surface area contributed by atoms with Gasteiger partial charge in [-0.3, -0.25) is 4.79 Å². The molecule has 5 nitrogen and oxygen atoms in total. The summed E-state index contributed by atoms with van der Waals surface area (Å²) in [6.45, 7) is 7.46. The number of carbonyl (C=O) groups is 2. The number of carboxylic acid groups (broad SMARTS) is 1. The van der Waals surface area contributed by atoms with E-state index < -0.39 is 23.1 Å². The molecule has 0 radical (unpaired) electrons. The largest absolute Gasteiger partial charge is 0.481 e. The van der Waals surface area contributed by atoms with Crippen molar-refractivity contribution >= 4 is 12.1 Å². The van der Waals surface area contributed by atoms with Crippen molar-refractivity contribution in [2.45, 2.75) is 46.1 Å². The molecule has 0 atom stereocenters. The quantitative estimate of drug-likeness (QED) is 0.795. The molecule has 5 heteroatoms. The zero-order valence-electron chi connectivity index (χ0n) is 10.9. The average molecular weight is 243 g/mol. The maximum atomic E-state index is 11.4. The summed E-state index contributed by atoms with van der Waals surface area (Å²) in [7, 11) is 0. The number of ether oxygens (including phenoxy) is 1. The third-order valence-corrected chi connectivity index (χ3v) is 2.90. The minimum atomic E-state index is -0.841. The third kappa shape index (κ3) is 3.61. The fraction of sp³-hybridized carbons (Fsp3) is 0.833. The molecule has 0 bridgehead atoms. The van der Waals surface area contributed by atoms with Crippen LogP contribution < -0.4 is 5.32 Å². The number of carboxylic acids is 1. The van der Waals surface area contributed by atoms with E-state index in [1.165, 1.54) is 0 Å². The molecule has 0 unspecified atom stereocenters. The SMILES string of the molecule is CC1CC(CNC(=O)OC(C)(C)C)(C(=O)O)C1. The predicted molar refractivity (Wildman–Crippen MR) is 62.7 cm³/mol. The Kier molecular flexibility index (Phi) is 3.69. The Balaban J connectivity index is 2.44. The molecule has 1 fully saturated rings. The Labute approximate surface area is 102 Å². The maximum Gasteiger partial charge on any atom is 0.407 e. The van der Waals surface area contributed by atoms with Crippen molar-refractivity contribution in [2.24, 2.45) is 11.3 Å². The first kappa shape index (κ1) is 13.8. The molecule has 1 aliphatic rings. The van der Waals surface area contributed by atoms with Gasteiger partial charge < -0.3 is 15.2 Å². The molecule has 17 heavy (non-hydrogen) atoms. The van der Waals surface area contributed by atoms with Gasteiger partial charge in [-0.15, -0.1) is 0 Å². The molecular weight excluding hydrogens is 222 g/mol. The lowest BCUT2D eigenvalue weighted by molar-refractivity contribution is -0.157. The van der Waals surface area contributed by atoms with E-state index >= 15 is 0 Å². The van der Waals surface area contributed by atoms with Gasteiger partial charge in [-0.2, -0.15) is 0 Å². The molecule has 0 spiro atoms. The highest BCUT2D eigenvalue weighted by molar-refractivity contribution is 5.77. The first-order valence-electron chi connectivity index (χ1n) is 5.85. The number of aliphatic carboxylic acids is 1. The Bertz CT molecular complexity index is 313. The molecule has 0 aromatic carbocycles. The van der Waals surface area contributed by atoms with Crippen LogP contribution in [0.2, 0.25) is 0 Å². The fourth-order valence-electron chi connectivity index (χ4n) is 2.22. The predicted octanol–water partition coefficient (Wildman–Crippen LogP) is 2.01. The number of amides is 1. The lowest BCUT2D eigenvalue weighted by atomic mass is 9.62. The van der Waals surface area contributed by atoms with Crippen LogP contribution in [0, 0.1) is 11.3 Å². The topological polar surface area (TPSA) is 75.6 Å². The van der Waals surface area contributed by atoms with Crippen molar-refractivity contribution in [1.82, 2.24) is 5.32 Å². The minimum absolute atomic E-state index is 0.140. The van der Waals surface area contributed by atoms with Gasteiger partial charge in [0, 0.05) is 6.54 Å². The third-order valence-electron chi connectivity index (χ3n) is 2.90. The summed E-state index contributed by atoms with van der Waals surface area (Å²) in [6, 6.07) is 0. The molecule has 0 aliphatic heterocycles. The first-order chi connectivity index (χ1) is 7.65. The number of nitrogens with one attached hydrogen (secondary N) is 1. The van der Waals surface area contributed by atoms with E-state index in [2.05, 4.69) is 5.32 Å². The molecule has 0 heterocycles. The molecule has 1 aliphatic carbocycles. The summed E-state index contributed by atoms with van der Waals surface area (Å²) in [5, 5.41) is 11.7. The van der Waals surface area contributed by atoms with E-state index in [0.717, 1.165) is 0 Å². The van der Waals surface area contributed by atoms with Gasteiger partial charge in [-0.1, -0.05) is 6.92 Å². The fourth-order valence-corrected chi connectivity index (χ4v) is 2.22. The summed E-state index contributed by atoms with van der Waals surface area (Å²) in [5.74, 6) is -0.432. The molecular formula is C12H21NO4.